The van der Waals surface area contributed by atoms with Crippen molar-refractivity contribution in [3.05, 3.63) is 46.4 Å². The van der Waals surface area contributed by atoms with Crippen LogP contribution in [0.25, 0.3) is 11.4 Å². The van der Waals surface area contributed by atoms with Crippen molar-refractivity contribution >= 4 is 44.6 Å². The number of halogens is 2. The van der Waals surface area contributed by atoms with Crippen LogP contribution in [-0.4, -0.2) is 41.9 Å². The Hall–Kier alpha value is -2.34. The van der Waals surface area contributed by atoms with Crippen molar-refractivity contribution in [3.8, 4) is 11.4 Å². The summed E-state index contributed by atoms with van der Waals surface area (Å²) in [7, 11) is -3.80. The van der Waals surface area contributed by atoms with Crippen molar-refractivity contribution in [1.82, 2.24) is 14.4 Å². The minimum absolute atomic E-state index is 0.00712. The van der Waals surface area contributed by atoms with Crippen LogP contribution in [0, 0.1) is 18.7 Å². The number of hydrogen-bond donors (Lipinski definition) is 1. The van der Waals surface area contributed by atoms with Crippen LogP contribution in [0.15, 0.2) is 38.4 Å². The molecule has 0 bridgehead atoms. The molecule has 4 rings (SSSR count). The second-order valence-electron chi connectivity index (χ2n) is 7.11. The van der Waals surface area contributed by atoms with Crippen LogP contribution in [0.1, 0.15) is 18.7 Å². The topological polar surface area (TPSA) is 105 Å². The van der Waals surface area contributed by atoms with E-state index in [9.17, 15) is 17.6 Å². The first-order valence-corrected chi connectivity index (χ1v) is 12.1. The number of benzene rings is 1. The van der Waals surface area contributed by atoms with E-state index >= 15 is 0 Å². The van der Waals surface area contributed by atoms with Crippen LogP contribution < -0.4 is 5.32 Å². The van der Waals surface area contributed by atoms with E-state index in [2.05, 4.69) is 15.5 Å². The van der Waals surface area contributed by atoms with E-state index in [1.54, 1.807) is 12.3 Å². The molecule has 1 aromatic carbocycles. The number of nitrogens with zero attached hydrogens (tertiary/aromatic N) is 3. The van der Waals surface area contributed by atoms with Crippen molar-refractivity contribution in [3.63, 3.8) is 0 Å². The molecule has 2 aromatic heterocycles. The van der Waals surface area contributed by atoms with Crippen LogP contribution in [0.5, 0.6) is 0 Å². The summed E-state index contributed by atoms with van der Waals surface area (Å²) in [4.78, 5) is 16.8. The van der Waals surface area contributed by atoms with Crippen LogP contribution in [0.3, 0.4) is 0 Å². The highest BCUT2D eigenvalue weighted by Gasteiger charge is 2.34. The molecule has 1 aliphatic rings. The van der Waals surface area contributed by atoms with Gasteiger partial charge in [0.25, 0.3) is 10.0 Å². The molecule has 0 aliphatic carbocycles. The summed E-state index contributed by atoms with van der Waals surface area (Å²) in [6, 6.07) is 5.45. The normalized spacial score (nSPS) is 17.6. The van der Waals surface area contributed by atoms with Gasteiger partial charge in [-0.25, -0.2) is 12.8 Å². The fourth-order valence-corrected chi connectivity index (χ4v) is 6.31. The molecule has 1 fully saturated rings. The average molecular weight is 485 g/mol. The number of carbonyl (C=O) groups excluding carboxylic acids is 1. The summed E-state index contributed by atoms with van der Waals surface area (Å²) in [5, 5.41) is 8.20. The lowest BCUT2D eigenvalue weighted by Gasteiger charge is -2.30. The Morgan fingerprint density at radius 1 is 1.39 bits per heavy atom. The molecule has 31 heavy (non-hydrogen) atoms. The minimum atomic E-state index is -3.80. The third-order valence-corrected chi connectivity index (χ3v) is 8.41. The second kappa shape index (κ2) is 8.65. The van der Waals surface area contributed by atoms with Crippen LogP contribution in [-0.2, 0) is 14.8 Å². The van der Waals surface area contributed by atoms with Crippen molar-refractivity contribution in [2.45, 2.75) is 24.0 Å². The summed E-state index contributed by atoms with van der Waals surface area (Å²) < 4.78 is 46.6. The number of anilines is 1. The second-order valence-corrected chi connectivity index (χ2v) is 10.6. The molecule has 1 N–H and O–H groups in total. The van der Waals surface area contributed by atoms with Crippen molar-refractivity contribution in [1.29, 1.82) is 0 Å². The zero-order chi connectivity index (χ0) is 22.2. The van der Waals surface area contributed by atoms with Gasteiger partial charge in [0, 0.05) is 36.0 Å². The lowest BCUT2D eigenvalue weighted by Crippen LogP contribution is -2.43. The summed E-state index contributed by atoms with van der Waals surface area (Å²) >= 11 is 6.79. The van der Waals surface area contributed by atoms with E-state index in [0.29, 0.717) is 36.7 Å². The van der Waals surface area contributed by atoms with Gasteiger partial charge >= 0.3 is 0 Å². The van der Waals surface area contributed by atoms with Gasteiger partial charge in [0.2, 0.25) is 17.6 Å². The molecule has 8 nitrogen and oxygen atoms in total. The molecule has 12 heteroatoms. The lowest BCUT2D eigenvalue weighted by atomic mass is 9.98. The van der Waals surface area contributed by atoms with Gasteiger partial charge in [-0.1, -0.05) is 16.8 Å². The molecular weight excluding hydrogens is 467 g/mol. The van der Waals surface area contributed by atoms with Crippen molar-refractivity contribution in [2.75, 3.05) is 18.4 Å². The number of aromatic nitrogens is 2. The third kappa shape index (κ3) is 4.64. The third-order valence-electron chi connectivity index (χ3n) is 4.90. The lowest BCUT2D eigenvalue weighted by molar-refractivity contribution is -0.120. The number of aryl methyl sites for hydroxylation is 1. The number of thiophene rings is 1. The van der Waals surface area contributed by atoms with Crippen LogP contribution in [0.4, 0.5) is 10.1 Å². The molecule has 3 heterocycles. The summed E-state index contributed by atoms with van der Waals surface area (Å²) in [6.07, 6.45) is 1.02. The summed E-state index contributed by atoms with van der Waals surface area (Å²) in [5.74, 6) is -0.985. The smallest absolute Gasteiger partial charge is 0.252 e. The maximum absolute atomic E-state index is 14.0. The van der Waals surface area contributed by atoms with Gasteiger partial charge in [0.15, 0.2) is 0 Å². The number of amides is 1. The zero-order valence-electron chi connectivity index (χ0n) is 16.3. The number of carbonyl (C=O) groups is 1. The Kier molecular flexibility index (Phi) is 6.11. The molecular formula is C19H18ClFN4O4S2. The van der Waals surface area contributed by atoms with Crippen molar-refractivity contribution < 1.29 is 22.1 Å². The fourth-order valence-electron chi connectivity index (χ4n) is 3.31. The number of piperidine rings is 1. The van der Waals surface area contributed by atoms with Gasteiger partial charge in [-0.3, -0.25) is 4.79 Å². The van der Waals surface area contributed by atoms with Gasteiger partial charge in [0.05, 0.1) is 11.6 Å². The van der Waals surface area contributed by atoms with Crippen LogP contribution >= 0.6 is 22.9 Å². The van der Waals surface area contributed by atoms with E-state index in [1.165, 1.54) is 22.5 Å². The van der Waals surface area contributed by atoms with Crippen LogP contribution in [0.2, 0.25) is 5.02 Å². The molecule has 1 unspecified atom stereocenters. The maximum atomic E-state index is 14.0. The van der Waals surface area contributed by atoms with E-state index in [1.807, 2.05) is 0 Å². The fraction of sp³-hybridized carbons (Fsp3) is 0.316. The number of nitrogens with one attached hydrogen (secondary N) is 1. The average Bonchev–Trinajstić information content (AvgIpc) is 3.39. The van der Waals surface area contributed by atoms with E-state index in [-0.39, 0.29) is 21.5 Å². The molecule has 1 amide bonds. The zero-order valence-corrected chi connectivity index (χ0v) is 18.7. The molecule has 0 saturated carbocycles. The Morgan fingerprint density at radius 3 is 2.90 bits per heavy atom. The highest BCUT2D eigenvalue weighted by Crippen LogP contribution is 2.31. The van der Waals surface area contributed by atoms with E-state index < -0.39 is 27.7 Å². The Bertz CT molecular complexity index is 1230. The Balaban J connectivity index is 1.48. The van der Waals surface area contributed by atoms with Gasteiger partial charge in [-0.15, -0.1) is 11.3 Å². The molecule has 0 spiro atoms. The Labute approximate surface area is 187 Å². The first kappa shape index (κ1) is 21.9. The largest absolute Gasteiger partial charge is 0.339 e. The first-order valence-electron chi connectivity index (χ1n) is 9.39. The van der Waals surface area contributed by atoms with E-state index in [4.69, 9.17) is 16.1 Å². The summed E-state index contributed by atoms with van der Waals surface area (Å²) in [6.45, 7) is 1.96. The SMILES string of the molecule is Cc1nc(-c2csc(S(=O)(=O)N3CCCC(C(=O)Nc4ccc(Cl)cc4F)C3)c2)no1. The van der Waals surface area contributed by atoms with Gasteiger partial charge in [-0.05, 0) is 37.1 Å². The molecule has 3 aromatic rings. The summed E-state index contributed by atoms with van der Waals surface area (Å²) in [5.41, 5.74) is 0.553. The van der Waals surface area contributed by atoms with E-state index in [0.717, 1.165) is 17.4 Å². The number of sulfonamides is 1. The molecule has 1 saturated heterocycles. The number of hydrogen-bond acceptors (Lipinski definition) is 7. The van der Waals surface area contributed by atoms with Gasteiger partial charge < -0.3 is 9.84 Å². The van der Waals surface area contributed by atoms with Crippen molar-refractivity contribution in [2.24, 2.45) is 5.92 Å². The van der Waals surface area contributed by atoms with Gasteiger partial charge in [0.1, 0.15) is 10.0 Å². The predicted molar refractivity (Wildman–Crippen MR) is 114 cm³/mol. The first-order chi connectivity index (χ1) is 14.7. The standard InChI is InChI=1S/C19H18ClFN4O4S2/c1-11-22-18(24-29-11)13-7-17(30-10-13)31(27,28)25-6-2-3-12(9-25)19(26)23-16-5-4-14(20)8-15(16)21/h4-5,7-8,10,12H,2-3,6,9H2,1H3,(H,23,26). The molecule has 1 atom stereocenters. The molecule has 0 radical (unpaired) electrons. The molecule has 164 valence electrons. The number of rotatable bonds is 5. The Morgan fingerprint density at radius 2 is 2.19 bits per heavy atom. The predicted octanol–water partition coefficient (Wildman–Crippen LogP) is 3.94. The maximum Gasteiger partial charge on any atom is 0.252 e. The monoisotopic (exact) mass is 484 g/mol. The highest BCUT2D eigenvalue weighted by atomic mass is 35.5. The molecule has 1 aliphatic heterocycles. The quantitative estimate of drug-likeness (QED) is 0.588. The highest BCUT2D eigenvalue weighted by molar-refractivity contribution is 7.91. The van der Waals surface area contributed by atoms with Gasteiger partial charge in [-0.2, -0.15) is 9.29 Å². The minimum Gasteiger partial charge on any atom is -0.339 e.